The zero-order chi connectivity index (χ0) is 21.1. The molecule has 30 heavy (non-hydrogen) atoms. The van der Waals surface area contributed by atoms with Crippen LogP contribution in [-0.4, -0.2) is 64.6 Å². The minimum Gasteiger partial charge on any atom is -0.486 e. The lowest BCUT2D eigenvalue weighted by molar-refractivity contribution is -0.895. The minimum atomic E-state index is -3.64. The number of halogens is 1. The first-order valence-electron chi connectivity index (χ1n) is 9.71. The van der Waals surface area contributed by atoms with Crippen LogP contribution in [0.25, 0.3) is 0 Å². The van der Waals surface area contributed by atoms with Gasteiger partial charge < -0.3 is 19.7 Å². The second-order valence-electron chi connectivity index (χ2n) is 7.16. The van der Waals surface area contributed by atoms with Gasteiger partial charge in [0.15, 0.2) is 18.0 Å². The molecule has 0 atom stereocenters. The maximum absolute atomic E-state index is 13.0. The van der Waals surface area contributed by atoms with Crippen LogP contribution in [0, 0.1) is 0 Å². The Morgan fingerprint density at radius 3 is 2.50 bits per heavy atom. The predicted octanol–water partition coefficient (Wildman–Crippen LogP) is 0.639. The van der Waals surface area contributed by atoms with Crippen LogP contribution in [0.5, 0.6) is 11.5 Å². The molecule has 0 unspecified atom stereocenters. The monoisotopic (exact) mass is 452 g/mol. The summed E-state index contributed by atoms with van der Waals surface area (Å²) in [5.74, 6) is 0.850. The molecular formula is C20H23ClN3O5S+. The van der Waals surface area contributed by atoms with Gasteiger partial charge in [0.1, 0.15) is 13.2 Å². The van der Waals surface area contributed by atoms with E-state index in [1.807, 2.05) is 0 Å². The number of hydrogen-bond donors (Lipinski definition) is 2. The maximum Gasteiger partial charge on any atom is 0.279 e. The molecule has 0 saturated carbocycles. The highest BCUT2D eigenvalue weighted by atomic mass is 35.5. The van der Waals surface area contributed by atoms with Crippen molar-refractivity contribution in [2.45, 2.75) is 4.90 Å². The zero-order valence-corrected chi connectivity index (χ0v) is 17.8. The third-order valence-corrected chi connectivity index (χ3v) is 7.36. The smallest absolute Gasteiger partial charge is 0.279 e. The van der Waals surface area contributed by atoms with E-state index in [0.717, 1.165) is 4.90 Å². The molecule has 8 nitrogen and oxygen atoms in total. The van der Waals surface area contributed by atoms with E-state index in [-0.39, 0.29) is 17.3 Å². The normalized spacial score (nSPS) is 17.5. The van der Waals surface area contributed by atoms with Gasteiger partial charge >= 0.3 is 0 Å². The average molecular weight is 453 g/mol. The standard InChI is InChI=1S/C20H22ClN3O5S/c21-16-3-1-2-4-17(16)22-20(25)14-23-7-9-24(10-8-23)30(26,27)15-5-6-18-19(13-15)29-12-11-28-18/h1-6,13H,7-12,14H2,(H,22,25)/p+1. The van der Waals surface area contributed by atoms with Crippen LogP contribution in [0.4, 0.5) is 5.69 Å². The van der Waals surface area contributed by atoms with Crippen molar-refractivity contribution < 1.29 is 27.6 Å². The number of sulfonamides is 1. The van der Waals surface area contributed by atoms with Crippen LogP contribution >= 0.6 is 11.6 Å². The predicted molar refractivity (Wildman–Crippen MR) is 112 cm³/mol. The molecule has 2 heterocycles. The third kappa shape index (κ3) is 4.54. The van der Waals surface area contributed by atoms with E-state index in [2.05, 4.69) is 5.32 Å². The summed E-state index contributed by atoms with van der Waals surface area (Å²) in [4.78, 5) is 13.5. The molecule has 2 aliphatic heterocycles. The molecule has 1 saturated heterocycles. The fourth-order valence-corrected chi connectivity index (χ4v) is 5.18. The van der Waals surface area contributed by atoms with E-state index in [4.69, 9.17) is 21.1 Å². The second-order valence-corrected chi connectivity index (χ2v) is 9.51. The second kappa shape index (κ2) is 8.81. The molecule has 2 aromatic carbocycles. The highest BCUT2D eigenvalue weighted by Crippen LogP contribution is 2.33. The highest BCUT2D eigenvalue weighted by Gasteiger charge is 2.32. The summed E-state index contributed by atoms with van der Waals surface area (Å²) in [7, 11) is -3.64. The van der Waals surface area contributed by atoms with E-state index < -0.39 is 10.0 Å². The lowest BCUT2D eigenvalue weighted by atomic mass is 10.3. The summed E-state index contributed by atoms with van der Waals surface area (Å²) in [6.45, 7) is 2.86. The number of fused-ring (bicyclic) bond motifs is 1. The number of carbonyl (C=O) groups excluding carboxylic acids is 1. The molecule has 2 N–H and O–H groups in total. The number of nitrogens with one attached hydrogen (secondary N) is 2. The Morgan fingerprint density at radius 2 is 1.77 bits per heavy atom. The number of rotatable bonds is 5. The quantitative estimate of drug-likeness (QED) is 0.695. The molecule has 1 amide bonds. The van der Waals surface area contributed by atoms with Crippen LogP contribution in [0.3, 0.4) is 0 Å². The van der Waals surface area contributed by atoms with Gasteiger partial charge in [-0.05, 0) is 24.3 Å². The van der Waals surface area contributed by atoms with Gasteiger partial charge in [-0.15, -0.1) is 0 Å². The number of para-hydroxylation sites is 1. The Kier molecular flexibility index (Phi) is 6.14. The van der Waals surface area contributed by atoms with Crippen molar-refractivity contribution in [2.75, 3.05) is 51.3 Å². The van der Waals surface area contributed by atoms with Crippen molar-refractivity contribution in [1.29, 1.82) is 0 Å². The van der Waals surface area contributed by atoms with Crippen molar-refractivity contribution in [3.63, 3.8) is 0 Å². The molecular weight excluding hydrogens is 430 g/mol. The zero-order valence-electron chi connectivity index (χ0n) is 16.3. The Bertz CT molecular complexity index is 1040. The van der Waals surface area contributed by atoms with Gasteiger partial charge in [-0.25, -0.2) is 8.42 Å². The molecule has 0 radical (unpaired) electrons. The minimum absolute atomic E-state index is 0.152. The SMILES string of the molecule is O=C(C[NH+]1CCN(S(=O)(=O)c2ccc3c(c2)OCCO3)CC1)Nc1ccccc1Cl. The van der Waals surface area contributed by atoms with Gasteiger partial charge in [-0.2, -0.15) is 4.31 Å². The molecule has 0 spiro atoms. The Morgan fingerprint density at radius 1 is 1.07 bits per heavy atom. The van der Waals surface area contributed by atoms with Crippen molar-refractivity contribution >= 4 is 33.2 Å². The maximum atomic E-state index is 13.0. The number of piperazine rings is 1. The van der Waals surface area contributed by atoms with E-state index in [9.17, 15) is 13.2 Å². The number of anilines is 1. The van der Waals surface area contributed by atoms with E-state index in [0.29, 0.717) is 61.6 Å². The van der Waals surface area contributed by atoms with Gasteiger partial charge in [0.25, 0.3) is 5.91 Å². The summed E-state index contributed by atoms with van der Waals surface area (Å²) in [5.41, 5.74) is 0.573. The Hall–Kier alpha value is -2.33. The first kappa shape index (κ1) is 20.9. The first-order valence-corrected chi connectivity index (χ1v) is 11.5. The van der Waals surface area contributed by atoms with Gasteiger partial charge in [0.05, 0.1) is 41.8 Å². The van der Waals surface area contributed by atoms with Crippen molar-refractivity contribution in [3.8, 4) is 11.5 Å². The molecule has 0 bridgehead atoms. The fraction of sp³-hybridized carbons (Fsp3) is 0.350. The van der Waals surface area contributed by atoms with E-state index in [1.165, 1.54) is 10.4 Å². The lowest BCUT2D eigenvalue weighted by Gasteiger charge is -2.31. The number of amides is 1. The van der Waals surface area contributed by atoms with E-state index >= 15 is 0 Å². The Labute approximate surface area is 180 Å². The average Bonchev–Trinajstić information content (AvgIpc) is 2.75. The molecule has 2 aromatic rings. The topological polar surface area (TPSA) is 89.4 Å². The van der Waals surface area contributed by atoms with Crippen LogP contribution in [0.1, 0.15) is 0 Å². The number of quaternary nitrogens is 1. The van der Waals surface area contributed by atoms with Crippen molar-refractivity contribution in [1.82, 2.24) is 4.31 Å². The van der Waals surface area contributed by atoms with Gasteiger partial charge in [-0.1, -0.05) is 23.7 Å². The van der Waals surface area contributed by atoms with Gasteiger partial charge in [-0.3, -0.25) is 4.79 Å². The number of ether oxygens (including phenoxy) is 2. The highest BCUT2D eigenvalue weighted by molar-refractivity contribution is 7.89. The van der Waals surface area contributed by atoms with Crippen LogP contribution in [0.15, 0.2) is 47.4 Å². The third-order valence-electron chi connectivity index (χ3n) is 5.14. The molecule has 1 fully saturated rings. The Balaban J connectivity index is 1.34. The van der Waals surface area contributed by atoms with Crippen LogP contribution < -0.4 is 19.7 Å². The fourth-order valence-electron chi connectivity index (χ4n) is 3.54. The van der Waals surface area contributed by atoms with Crippen LogP contribution in [0.2, 0.25) is 5.02 Å². The summed E-state index contributed by atoms with van der Waals surface area (Å²) in [6, 6.07) is 11.7. The molecule has 0 aromatic heterocycles. The molecule has 2 aliphatic rings. The lowest BCUT2D eigenvalue weighted by Crippen LogP contribution is -3.15. The van der Waals surface area contributed by atoms with Crippen molar-refractivity contribution in [3.05, 3.63) is 47.5 Å². The summed E-state index contributed by atoms with van der Waals surface area (Å²) in [5, 5.41) is 3.29. The van der Waals surface area contributed by atoms with Crippen LogP contribution in [-0.2, 0) is 14.8 Å². The molecule has 10 heteroatoms. The summed E-state index contributed by atoms with van der Waals surface area (Å²) >= 11 is 6.07. The number of benzene rings is 2. The van der Waals surface area contributed by atoms with Crippen molar-refractivity contribution in [2.24, 2.45) is 0 Å². The molecule has 160 valence electrons. The van der Waals surface area contributed by atoms with E-state index in [1.54, 1.807) is 36.4 Å². The van der Waals surface area contributed by atoms with Gasteiger partial charge in [0, 0.05) is 6.07 Å². The number of hydrogen-bond acceptors (Lipinski definition) is 5. The summed E-state index contributed by atoms with van der Waals surface area (Å²) in [6.07, 6.45) is 0. The number of carbonyl (C=O) groups is 1. The molecule has 4 rings (SSSR count). The largest absolute Gasteiger partial charge is 0.486 e. The molecule has 0 aliphatic carbocycles. The first-order chi connectivity index (χ1) is 14.4. The summed E-state index contributed by atoms with van der Waals surface area (Å²) < 4.78 is 38.4. The van der Waals surface area contributed by atoms with Gasteiger partial charge in [0.2, 0.25) is 10.0 Å². The number of nitrogens with zero attached hydrogens (tertiary/aromatic N) is 1.